The molecule has 0 radical (unpaired) electrons. The summed E-state index contributed by atoms with van der Waals surface area (Å²) in [6.45, 7) is 7.32. The van der Waals surface area contributed by atoms with E-state index in [1.165, 1.54) is 13.2 Å². The monoisotopic (exact) mass is 478 g/mol. The Hall–Kier alpha value is -3.65. The van der Waals surface area contributed by atoms with Crippen LogP contribution < -0.4 is 20.5 Å². The van der Waals surface area contributed by atoms with Gasteiger partial charge in [-0.25, -0.2) is 9.37 Å². The van der Waals surface area contributed by atoms with Crippen LogP contribution in [0.15, 0.2) is 54.7 Å². The van der Waals surface area contributed by atoms with Gasteiger partial charge in [-0.3, -0.25) is 4.79 Å². The highest BCUT2D eigenvalue weighted by molar-refractivity contribution is 5.95. The minimum atomic E-state index is -0.524. The van der Waals surface area contributed by atoms with Crippen molar-refractivity contribution in [2.24, 2.45) is 0 Å². The summed E-state index contributed by atoms with van der Waals surface area (Å²) in [5.74, 6) is 0.305. The van der Waals surface area contributed by atoms with Crippen LogP contribution in [0.2, 0.25) is 0 Å². The molecule has 3 unspecified atom stereocenters. The molecule has 1 fully saturated rings. The molecule has 0 spiro atoms. The van der Waals surface area contributed by atoms with Crippen LogP contribution in [0.3, 0.4) is 0 Å². The number of pyridine rings is 1. The van der Waals surface area contributed by atoms with Gasteiger partial charge in [0, 0.05) is 48.1 Å². The van der Waals surface area contributed by atoms with Gasteiger partial charge in [0.1, 0.15) is 6.10 Å². The third-order valence-electron chi connectivity index (χ3n) is 6.13. The van der Waals surface area contributed by atoms with Crippen molar-refractivity contribution in [3.05, 3.63) is 71.7 Å². The molecular weight excluding hydrogens is 447 g/mol. The van der Waals surface area contributed by atoms with Crippen molar-refractivity contribution in [1.82, 2.24) is 15.2 Å². The average molecular weight is 479 g/mol. The molecule has 1 aliphatic rings. The van der Waals surface area contributed by atoms with Gasteiger partial charge in [0.15, 0.2) is 23.1 Å². The molecule has 8 heteroatoms. The number of methoxy groups -OCH3 is 1. The maximum atomic E-state index is 14.1. The zero-order valence-corrected chi connectivity index (χ0v) is 20.4. The number of para-hydroxylation sites is 1. The van der Waals surface area contributed by atoms with Crippen molar-refractivity contribution in [3.8, 4) is 22.6 Å². The zero-order valence-electron chi connectivity index (χ0n) is 20.4. The average Bonchev–Trinajstić information content (AvgIpc) is 2.84. The molecule has 3 aromatic rings. The molecule has 1 aliphatic heterocycles. The molecule has 7 nitrogen and oxygen atoms in total. The van der Waals surface area contributed by atoms with Crippen LogP contribution in [0.1, 0.15) is 42.8 Å². The predicted molar refractivity (Wildman–Crippen MR) is 134 cm³/mol. The van der Waals surface area contributed by atoms with Gasteiger partial charge in [-0.1, -0.05) is 24.3 Å². The third kappa shape index (κ3) is 5.38. The van der Waals surface area contributed by atoms with Crippen molar-refractivity contribution >= 4 is 11.7 Å². The number of carbonyl (C=O) groups is 1. The predicted octanol–water partition coefficient (Wildman–Crippen LogP) is 4.44. The van der Waals surface area contributed by atoms with E-state index in [2.05, 4.69) is 24.1 Å². The first kappa shape index (κ1) is 24.5. The molecule has 0 bridgehead atoms. The lowest BCUT2D eigenvalue weighted by Crippen LogP contribution is -2.55. The molecule has 0 aliphatic carbocycles. The van der Waals surface area contributed by atoms with E-state index in [0.717, 1.165) is 11.1 Å². The maximum Gasteiger partial charge on any atom is 0.253 e. The molecule has 1 saturated heterocycles. The molecule has 4 rings (SSSR count). The Morgan fingerprint density at radius 2 is 1.83 bits per heavy atom. The summed E-state index contributed by atoms with van der Waals surface area (Å²) >= 11 is 0. The number of hydrogen-bond acceptors (Lipinski definition) is 6. The van der Waals surface area contributed by atoms with Crippen molar-refractivity contribution in [2.75, 3.05) is 25.9 Å². The lowest BCUT2D eigenvalue weighted by Gasteiger charge is -2.36. The van der Waals surface area contributed by atoms with Crippen molar-refractivity contribution < 1.29 is 18.7 Å². The minimum Gasteiger partial charge on any atom is -0.493 e. The topological polar surface area (TPSA) is 89.7 Å². The van der Waals surface area contributed by atoms with E-state index in [1.807, 2.05) is 29.2 Å². The lowest BCUT2D eigenvalue weighted by atomic mass is 10.0. The first-order valence-corrected chi connectivity index (χ1v) is 11.7. The van der Waals surface area contributed by atoms with Crippen LogP contribution in [0.4, 0.5) is 10.2 Å². The largest absolute Gasteiger partial charge is 0.493 e. The lowest BCUT2D eigenvalue weighted by molar-refractivity contribution is 0.0674. The number of halogens is 1. The Morgan fingerprint density at radius 1 is 1.14 bits per heavy atom. The second kappa shape index (κ2) is 10.3. The number of benzene rings is 2. The smallest absolute Gasteiger partial charge is 0.253 e. The number of aromatic nitrogens is 1. The number of rotatable bonds is 6. The number of hydrogen-bond donors (Lipinski definition) is 2. The van der Waals surface area contributed by atoms with Crippen LogP contribution in [0.25, 0.3) is 11.1 Å². The fourth-order valence-corrected chi connectivity index (χ4v) is 4.50. The second-order valence-electron chi connectivity index (χ2n) is 8.99. The highest BCUT2D eigenvalue weighted by Crippen LogP contribution is 2.34. The fraction of sp³-hybridized carbons (Fsp3) is 0.333. The molecule has 35 heavy (non-hydrogen) atoms. The maximum absolute atomic E-state index is 14.1. The molecule has 0 saturated carbocycles. The highest BCUT2D eigenvalue weighted by Gasteiger charge is 2.25. The van der Waals surface area contributed by atoms with Gasteiger partial charge in [0.05, 0.1) is 7.11 Å². The number of piperazine rings is 1. The Kier molecular flexibility index (Phi) is 7.21. The van der Waals surface area contributed by atoms with Gasteiger partial charge in [-0.2, -0.15) is 0 Å². The molecule has 3 N–H and O–H groups in total. The molecule has 184 valence electrons. The quantitative estimate of drug-likeness (QED) is 0.545. The van der Waals surface area contributed by atoms with E-state index in [0.29, 0.717) is 30.0 Å². The molecule has 2 aromatic carbocycles. The number of nitrogens with one attached hydrogen (secondary N) is 1. The number of carbonyl (C=O) groups excluding carboxylic acids is 1. The fourth-order valence-electron chi connectivity index (χ4n) is 4.50. The Morgan fingerprint density at radius 3 is 2.49 bits per heavy atom. The Bertz CT molecular complexity index is 1190. The van der Waals surface area contributed by atoms with Gasteiger partial charge >= 0.3 is 0 Å². The summed E-state index contributed by atoms with van der Waals surface area (Å²) in [5.41, 5.74) is 8.93. The summed E-state index contributed by atoms with van der Waals surface area (Å²) < 4.78 is 25.4. The number of anilines is 1. The van der Waals surface area contributed by atoms with E-state index in [1.54, 1.807) is 31.3 Å². The Balaban J connectivity index is 1.53. The Labute approximate surface area is 205 Å². The molecular formula is C27H31FN4O3. The standard InChI is InChI=1S/C27H31FN4O3/c1-16-14-32(15-17(2)31-16)27(33)20-10-8-19(9-11-20)21-12-24(26(29)30-13-21)35-18(3)22-6-5-7-23(28)25(22)34-4/h5-13,16-18,31H,14-15H2,1-4H3,(H2,29,30). The van der Waals surface area contributed by atoms with Crippen molar-refractivity contribution in [1.29, 1.82) is 0 Å². The second-order valence-corrected chi connectivity index (χ2v) is 8.99. The molecule has 1 aromatic heterocycles. The SMILES string of the molecule is COc1c(F)cccc1C(C)Oc1cc(-c2ccc(C(=O)N3CC(C)NC(C)C3)cc2)cnc1N. The minimum absolute atomic E-state index is 0.0223. The molecule has 3 atom stereocenters. The van der Waals surface area contributed by atoms with E-state index >= 15 is 0 Å². The summed E-state index contributed by atoms with van der Waals surface area (Å²) in [4.78, 5) is 19.1. The molecule has 1 amide bonds. The van der Waals surface area contributed by atoms with Crippen LogP contribution in [0.5, 0.6) is 11.5 Å². The summed E-state index contributed by atoms with van der Waals surface area (Å²) in [7, 11) is 1.42. The van der Waals surface area contributed by atoms with Crippen molar-refractivity contribution in [2.45, 2.75) is 39.0 Å². The van der Waals surface area contributed by atoms with Gasteiger partial charge in [-0.05, 0) is 50.6 Å². The van der Waals surface area contributed by atoms with E-state index in [4.69, 9.17) is 15.2 Å². The van der Waals surface area contributed by atoms with Crippen LogP contribution in [0, 0.1) is 5.82 Å². The van der Waals surface area contributed by atoms with Gasteiger partial charge in [-0.15, -0.1) is 0 Å². The summed E-state index contributed by atoms with van der Waals surface area (Å²) in [6, 6.07) is 14.4. The van der Waals surface area contributed by atoms with Gasteiger partial charge in [0.2, 0.25) is 0 Å². The summed E-state index contributed by atoms with van der Waals surface area (Å²) in [5, 5.41) is 3.44. The number of nitrogen functional groups attached to an aromatic ring is 1. The summed E-state index contributed by atoms with van der Waals surface area (Å²) in [6.07, 6.45) is 1.13. The third-order valence-corrected chi connectivity index (χ3v) is 6.13. The van der Waals surface area contributed by atoms with E-state index < -0.39 is 11.9 Å². The normalized spacial score (nSPS) is 18.7. The number of nitrogens with two attached hydrogens (primary N) is 1. The van der Waals surface area contributed by atoms with E-state index in [9.17, 15) is 9.18 Å². The van der Waals surface area contributed by atoms with Crippen LogP contribution in [-0.4, -0.2) is 48.1 Å². The van der Waals surface area contributed by atoms with Gasteiger partial charge in [0.25, 0.3) is 5.91 Å². The number of amides is 1. The molecule has 2 heterocycles. The van der Waals surface area contributed by atoms with E-state index in [-0.39, 0.29) is 29.6 Å². The van der Waals surface area contributed by atoms with Crippen LogP contribution in [-0.2, 0) is 0 Å². The number of nitrogens with zero attached hydrogens (tertiary/aromatic N) is 2. The zero-order chi connectivity index (χ0) is 25.1. The number of ether oxygens (including phenoxy) is 2. The van der Waals surface area contributed by atoms with Crippen LogP contribution >= 0.6 is 0 Å². The van der Waals surface area contributed by atoms with Gasteiger partial charge < -0.3 is 25.4 Å². The van der Waals surface area contributed by atoms with Crippen molar-refractivity contribution in [3.63, 3.8) is 0 Å². The first-order chi connectivity index (χ1) is 16.8. The highest BCUT2D eigenvalue weighted by atomic mass is 19.1. The first-order valence-electron chi connectivity index (χ1n) is 11.7.